The Hall–Kier alpha value is -10.5. The summed E-state index contributed by atoms with van der Waals surface area (Å²) in [6.45, 7) is 16.0. The van der Waals surface area contributed by atoms with E-state index >= 15 is 0 Å². The molecule has 1 saturated carbocycles. The number of likely N-dealkylation sites (N-methyl/N-ethyl adjacent to an activating group) is 1. The van der Waals surface area contributed by atoms with Gasteiger partial charge in [0.25, 0.3) is 23.6 Å². The van der Waals surface area contributed by atoms with Gasteiger partial charge in [0.05, 0.1) is 60.3 Å². The second kappa shape index (κ2) is 38.6. The lowest BCUT2D eigenvalue weighted by Crippen LogP contribution is -2.50. The second-order valence-electron chi connectivity index (χ2n) is 35.5. The summed E-state index contributed by atoms with van der Waals surface area (Å²) in [5, 5.41) is 28.5. The molecule has 9 aliphatic heterocycles. The van der Waals surface area contributed by atoms with Crippen molar-refractivity contribution in [3.05, 3.63) is 207 Å². The summed E-state index contributed by atoms with van der Waals surface area (Å²) in [7, 11) is 0. The molecule has 708 valence electrons. The Bertz CT molecular complexity index is 5530. The van der Waals surface area contributed by atoms with Gasteiger partial charge in [0.2, 0.25) is 5.91 Å². The van der Waals surface area contributed by atoms with Crippen LogP contribution < -0.4 is 0 Å². The van der Waals surface area contributed by atoms with Crippen LogP contribution in [-0.2, 0) is 86.2 Å². The van der Waals surface area contributed by atoms with E-state index in [1.165, 1.54) is 17.7 Å². The molecule has 10 aliphatic rings. The van der Waals surface area contributed by atoms with Gasteiger partial charge in [0.15, 0.2) is 69.3 Å². The number of ether oxygens (including phenoxy) is 1. The minimum atomic E-state index is -5.02. The number of H-pyrrole nitrogens is 4. The Morgan fingerprint density at radius 1 is 0.374 bits per heavy atom. The van der Waals surface area contributed by atoms with Gasteiger partial charge in [-0.25, -0.2) is 35.1 Å². The van der Waals surface area contributed by atoms with Crippen molar-refractivity contribution in [3.8, 4) is 0 Å². The fraction of sp³-hybridized carbons (Fsp3) is 0.539. The number of aromatic amines is 4. The fourth-order valence-electron chi connectivity index (χ4n) is 19.3. The number of amides is 5. The van der Waals surface area contributed by atoms with Crippen LogP contribution in [0.3, 0.4) is 0 Å². The number of carbonyl (C=O) groups excluding carboxylic acids is 5. The first-order valence-electron chi connectivity index (χ1n) is 43.8. The molecule has 0 spiro atoms. The number of nitrogens with one attached hydrogen (secondary N) is 4. The third-order valence-corrected chi connectivity index (χ3v) is 26.7. The average Bonchev–Trinajstić information content (AvgIpc) is 1.45. The molecule has 42 heteroatoms. The summed E-state index contributed by atoms with van der Waals surface area (Å²) in [6, 6.07) is 7.25. The number of alkyl halides is 12. The number of carbonyl (C=O) groups is 5. The Morgan fingerprint density at radius 3 is 0.969 bits per heavy atom. The van der Waals surface area contributed by atoms with Gasteiger partial charge in [-0.1, -0.05) is 45.0 Å². The number of benzene rings is 4. The molecule has 4 aromatic heterocycles. The van der Waals surface area contributed by atoms with Crippen LogP contribution in [0.4, 0.5) is 87.8 Å². The SMILES string of the molecule is CC(C)CC(=O)N1Cc2[nH]nc(C(=O)N3CCC(c4ccc(F)c(F)c4C(F)(F)F)CC3)c2C1.CCN1CCc2[nH]nc(C(=O)N3CCC(c4ccc(F)c(F)c4C(F)(F)F)CC3)c2C1.O=C(c1n[nH]c2c1CN(C1COC1)CC2)N1CCC(c2ccc(F)c(F)c2C(F)(F)F)CC1.O=C(c1n[nH]c2c1CN(CC1CC1)CC2)N1CCC(c2ccc(F)c(F)c2C(F)(F)F)CC1. The van der Waals surface area contributed by atoms with Crippen molar-refractivity contribution in [1.82, 2.24) is 80.0 Å². The summed E-state index contributed by atoms with van der Waals surface area (Å²) in [5.74, 6) is -16.3. The lowest BCUT2D eigenvalue weighted by molar-refractivity contribution is -0.142. The molecule has 4 aromatic carbocycles. The summed E-state index contributed by atoms with van der Waals surface area (Å²) in [5.41, 5.74) is 0.879. The van der Waals surface area contributed by atoms with E-state index in [-0.39, 0.29) is 174 Å². The lowest BCUT2D eigenvalue weighted by Gasteiger charge is -2.39. The highest BCUT2D eigenvalue weighted by atomic mass is 19.4. The highest BCUT2D eigenvalue weighted by molar-refractivity contribution is 5.96. The van der Waals surface area contributed by atoms with Crippen LogP contribution in [0, 0.1) is 58.4 Å². The summed E-state index contributed by atoms with van der Waals surface area (Å²) in [6.07, 6.45) is -13.0. The minimum absolute atomic E-state index is 0.00851. The summed E-state index contributed by atoms with van der Waals surface area (Å²) in [4.78, 5) is 79.6. The van der Waals surface area contributed by atoms with E-state index < -0.39 is 117 Å². The van der Waals surface area contributed by atoms with Gasteiger partial charge in [-0.05, 0) is 153 Å². The molecule has 0 radical (unpaired) electrons. The van der Waals surface area contributed by atoms with Crippen LogP contribution in [0.15, 0.2) is 48.5 Å². The van der Waals surface area contributed by atoms with Crippen molar-refractivity contribution in [3.63, 3.8) is 0 Å². The molecule has 5 saturated heterocycles. The van der Waals surface area contributed by atoms with E-state index in [9.17, 15) is 112 Å². The van der Waals surface area contributed by atoms with Crippen molar-refractivity contribution < 1.29 is 117 Å². The molecule has 5 amide bonds. The van der Waals surface area contributed by atoms with Gasteiger partial charge in [0, 0.05) is 163 Å². The Morgan fingerprint density at radius 2 is 0.672 bits per heavy atom. The highest BCUT2D eigenvalue weighted by Crippen LogP contribution is 2.48. The van der Waals surface area contributed by atoms with E-state index in [0.717, 1.165) is 134 Å². The predicted molar refractivity (Wildman–Crippen MR) is 430 cm³/mol. The number of likely N-dealkylation sites (tertiary alicyclic amines) is 4. The maximum absolute atomic E-state index is 14.0. The van der Waals surface area contributed by atoms with E-state index in [1.54, 1.807) is 19.6 Å². The zero-order chi connectivity index (χ0) is 93.8. The van der Waals surface area contributed by atoms with Crippen molar-refractivity contribution in [2.24, 2.45) is 11.8 Å². The van der Waals surface area contributed by atoms with Crippen LogP contribution in [0.1, 0.15) is 247 Å². The predicted octanol–water partition coefficient (Wildman–Crippen LogP) is 16.7. The first-order chi connectivity index (χ1) is 62.1. The Balaban J connectivity index is 0.000000134. The minimum Gasteiger partial charge on any atom is -0.378 e. The number of halogens is 20. The summed E-state index contributed by atoms with van der Waals surface area (Å²) < 4.78 is 276. The van der Waals surface area contributed by atoms with Crippen molar-refractivity contribution in [1.29, 1.82) is 0 Å². The number of nitrogens with zero attached hydrogens (tertiary/aromatic N) is 12. The zero-order valence-electron chi connectivity index (χ0n) is 71.6. The molecule has 8 aromatic rings. The monoisotopic (exact) mass is 1860 g/mol. The molecule has 0 bridgehead atoms. The van der Waals surface area contributed by atoms with Gasteiger partial charge in [0.1, 0.15) is 0 Å². The normalized spacial score (nSPS) is 19.0. The standard InChI is InChI=1S/C23H25F5N4O2.C23H25F5N4O.C22H23F5N4O2.C21H23F5N4O/c1-12(2)9-18(33)32-10-15-17(11-32)29-30-21(15)22(34)31-7-5-13(6-8-31)14-3-4-16(24)20(25)19(14)23(26,27)28;24-17-4-3-15(19(20(17)25)23(26,27)28)14-5-9-32(10-6-14)22(33)21-16-12-31(11-13-1-2-13)8-7-18(16)29-30-21;23-16-2-1-14(18(19(16)24)22(25,26)27)12-3-6-30(7-4-12)21(32)20-15-9-31(13-10-33-11-13)8-5-17(15)28-29-20;1-2-29-8-7-16-14(11-29)19(28-27-16)20(31)30-9-5-12(6-10-30)13-3-4-15(22)18(23)17(13)21(24,25)26/h3-4,12-13H,5-11H2,1-2H3,(H,29,30);3-4,13-14H,1-2,5-12H2,(H,29,30);1-2,12-13H,3-11H2,(H,28,29);3-4,12H,2,5-11H2,1H3,(H,27,28). The lowest BCUT2D eigenvalue weighted by atomic mass is 9.85. The molecule has 0 atom stereocenters. The summed E-state index contributed by atoms with van der Waals surface area (Å²) >= 11 is 0. The van der Waals surface area contributed by atoms with Gasteiger partial charge in [-0.15, -0.1) is 0 Å². The van der Waals surface area contributed by atoms with E-state index in [4.69, 9.17) is 4.74 Å². The fourth-order valence-corrected chi connectivity index (χ4v) is 19.3. The number of piperidine rings is 4. The van der Waals surface area contributed by atoms with Crippen molar-refractivity contribution >= 4 is 29.5 Å². The molecule has 1 aliphatic carbocycles. The van der Waals surface area contributed by atoms with E-state index in [2.05, 4.69) is 55.5 Å². The Kier molecular flexibility index (Phi) is 28.0. The molecule has 131 heavy (non-hydrogen) atoms. The smallest absolute Gasteiger partial charge is 0.378 e. The molecule has 4 N–H and O–H groups in total. The number of aromatic nitrogens is 8. The van der Waals surface area contributed by atoms with Crippen LogP contribution >= 0.6 is 0 Å². The number of rotatable bonds is 14. The van der Waals surface area contributed by atoms with Crippen molar-refractivity contribution in [2.45, 2.75) is 198 Å². The highest BCUT2D eigenvalue weighted by Gasteiger charge is 2.48. The maximum atomic E-state index is 14.0. The van der Waals surface area contributed by atoms with Crippen LogP contribution in [0.2, 0.25) is 0 Å². The molecular formula is C89H96F20N16O6. The third kappa shape index (κ3) is 20.5. The Labute approximate surface area is 738 Å². The maximum Gasteiger partial charge on any atom is 0.419 e. The second-order valence-corrected chi connectivity index (χ2v) is 35.5. The van der Waals surface area contributed by atoms with E-state index in [1.807, 2.05) is 20.8 Å². The number of hydrogen-bond acceptors (Lipinski definition) is 13. The molecule has 6 fully saturated rings. The van der Waals surface area contributed by atoms with Crippen LogP contribution in [-0.4, -0.2) is 214 Å². The van der Waals surface area contributed by atoms with Gasteiger partial charge in [-0.2, -0.15) is 73.1 Å². The topological polar surface area (TPSA) is 235 Å². The van der Waals surface area contributed by atoms with E-state index in [0.29, 0.717) is 86.3 Å². The molecule has 13 heterocycles. The average molecular weight is 1870 g/mol. The zero-order valence-corrected chi connectivity index (χ0v) is 71.6. The molecule has 0 unspecified atom stereocenters. The quantitative estimate of drug-likeness (QED) is 0.0743. The molecule has 22 nitrogen and oxygen atoms in total. The van der Waals surface area contributed by atoms with Gasteiger partial charge in [-0.3, -0.25) is 59.1 Å². The van der Waals surface area contributed by atoms with Crippen LogP contribution in [0.25, 0.3) is 0 Å². The molecule has 18 rings (SSSR count). The number of fused-ring (bicyclic) bond motifs is 4. The third-order valence-electron chi connectivity index (χ3n) is 26.7. The van der Waals surface area contributed by atoms with Gasteiger partial charge < -0.3 is 29.2 Å². The number of hydrogen-bond donors (Lipinski definition) is 4. The van der Waals surface area contributed by atoms with Gasteiger partial charge >= 0.3 is 24.7 Å². The first kappa shape index (κ1) is 95.1. The first-order valence-corrected chi connectivity index (χ1v) is 43.8. The van der Waals surface area contributed by atoms with Crippen molar-refractivity contribution in [2.75, 3.05) is 98.3 Å². The molecular weight excluding hydrogens is 1770 g/mol. The largest absolute Gasteiger partial charge is 0.419 e. The van der Waals surface area contributed by atoms with Crippen LogP contribution in [0.5, 0.6) is 0 Å².